The lowest BCUT2D eigenvalue weighted by Gasteiger charge is -2.16. The average Bonchev–Trinajstić information content (AvgIpc) is 2.79. The van der Waals surface area contributed by atoms with E-state index in [1.807, 2.05) is 25.2 Å². The molecule has 0 radical (unpaired) electrons. The lowest BCUT2D eigenvalue weighted by atomic mass is 10.0. The van der Waals surface area contributed by atoms with Crippen molar-refractivity contribution in [2.75, 3.05) is 20.8 Å². The van der Waals surface area contributed by atoms with Gasteiger partial charge in [0.25, 0.3) is 0 Å². The predicted molar refractivity (Wildman–Crippen MR) is 67.9 cm³/mol. The number of nitrogens with zero attached hydrogens (tertiary/aromatic N) is 2. The molecule has 1 aliphatic rings. The van der Waals surface area contributed by atoms with E-state index in [2.05, 4.69) is 5.32 Å². The Morgan fingerprint density at radius 3 is 2.58 bits per heavy atom. The summed E-state index contributed by atoms with van der Waals surface area (Å²) in [7, 11) is 3.16. The third kappa shape index (κ3) is 2.27. The van der Waals surface area contributed by atoms with Gasteiger partial charge in [-0.15, -0.1) is 0 Å². The van der Waals surface area contributed by atoms with E-state index in [0.717, 1.165) is 21.8 Å². The highest BCUT2D eigenvalue weighted by atomic mass is 16.5. The number of amides is 2. The molecule has 0 aromatic heterocycles. The summed E-state index contributed by atoms with van der Waals surface area (Å²) >= 11 is 0. The monoisotopic (exact) mass is 261 g/mol. The normalized spacial score (nSPS) is 17.9. The Labute approximate surface area is 111 Å². The summed E-state index contributed by atoms with van der Waals surface area (Å²) in [4.78, 5) is 12.6. The van der Waals surface area contributed by atoms with E-state index in [4.69, 9.17) is 14.7 Å². The molecular formula is C13H15N3O3. The first-order valence-electron chi connectivity index (χ1n) is 5.81. The maximum absolute atomic E-state index is 11.5. The molecule has 1 N–H and O–H groups in total. The van der Waals surface area contributed by atoms with Crippen molar-refractivity contribution in [2.45, 2.75) is 13.0 Å². The second-order valence-corrected chi connectivity index (χ2v) is 4.28. The van der Waals surface area contributed by atoms with E-state index in [9.17, 15) is 4.79 Å². The van der Waals surface area contributed by atoms with E-state index >= 15 is 0 Å². The fourth-order valence-corrected chi connectivity index (χ4v) is 2.15. The first-order valence-corrected chi connectivity index (χ1v) is 5.81. The molecule has 0 spiro atoms. The van der Waals surface area contributed by atoms with Crippen molar-refractivity contribution in [3.8, 4) is 17.7 Å². The van der Waals surface area contributed by atoms with Crippen LogP contribution >= 0.6 is 0 Å². The third-order valence-electron chi connectivity index (χ3n) is 3.15. The number of urea groups is 1. The van der Waals surface area contributed by atoms with Gasteiger partial charge in [-0.05, 0) is 24.6 Å². The van der Waals surface area contributed by atoms with Gasteiger partial charge in [0.2, 0.25) is 0 Å². The molecule has 1 unspecified atom stereocenters. The molecule has 1 heterocycles. The first kappa shape index (κ1) is 13.0. The first-order chi connectivity index (χ1) is 9.10. The Hall–Kier alpha value is -2.42. The number of methoxy groups -OCH3 is 2. The van der Waals surface area contributed by atoms with E-state index in [-0.39, 0.29) is 12.6 Å². The topological polar surface area (TPSA) is 74.6 Å². The second kappa shape index (κ2) is 5.06. The Morgan fingerprint density at radius 1 is 1.37 bits per heavy atom. The second-order valence-electron chi connectivity index (χ2n) is 4.28. The molecule has 2 rings (SSSR count). The smallest absolute Gasteiger partial charge is 0.331 e. The van der Waals surface area contributed by atoms with Crippen molar-refractivity contribution in [3.05, 3.63) is 23.3 Å². The minimum Gasteiger partial charge on any atom is -0.496 e. The molecule has 6 heteroatoms. The van der Waals surface area contributed by atoms with Gasteiger partial charge in [-0.3, -0.25) is 0 Å². The van der Waals surface area contributed by atoms with Crippen molar-refractivity contribution < 1.29 is 14.3 Å². The van der Waals surface area contributed by atoms with Gasteiger partial charge in [-0.25, -0.2) is 9.69 Å². The molecular weight excluding hydrogens is 246 g/mol. The third-order valence-corrected chi connectivity index (χ3v) is 3.15. The van der Waals surface area contributed by atoms with Gasteiger partial charge in [0, 0.05) is 5.56 Å². The van der Waals surface area contributed by atoms with Gasteiger partial charge in [0.1, 0.15) is 11.5 Å². The molecule has 1 aliphatic heterocycles. The van der Waals surface area contributed by atoms with Crippen LogP contribution in [0.2, 0.25) is 0 Å². The highest BCUT2D eigenvalue weighted by Gasteiger charge is 2.32. The van der Waals surface area contributed by atoms with Gasteiger partial charge in [0.15, 0.2) is 6.19 Å². The Bertz CT molecular complexity index is 551. The lowest BCUT2D eigenvalue weighted by molar-refractivity contribution is 0.232. The van der Waals surface area contributed by atoms with E-state index in [1.54, 1.807) is 14.2 Å². The number of hydrogen-bond donors (Lipinski definition) is 1. The highest BCUT2D eigenvalue weighted by Crippen LogP contribution is 2.34. The van der Waals surface area contributed by atoms with Gasteiger partial charge in [-0.1, -0.05) is 0 Å². The molecule has 0 bridgehead atoms. The molecule has 1 atom stereocenters. The number of ether oxygens (including phenoxy) is 2. The van der Waals surface area contributed by atoms with Crippen molar-refractivity contribution in [1.29, 1.82) is 5.26 Å². The number of benzene rings is 1. The zero-order valence-corrected chi connectivity index (χ0v) is 11.1. The number of aryl methyl sites for hydroxylation is 1. The predicted octanol–water partition coefficient (Wildman–Crippen LogP) is 1.56. The molecule has 1 saturated heterocycles. The van der Waals surface area contributed by atoms with Crippen LogP contribution in [0.15, 0.2) is 12.1 Å². The van der Waals surface area contributed by atoms with Gasteiger partial charge < -0.3 is 14.8 Å². The maximum atomic E-state index is 11.5. The summed E-state index contributed by atoms with van der Waals surface area (Å²) in [6.07, 6.45) is 1.84. The van der Waals surface area contributed by atoms with Gasteiger partial charge in [0.05, 0.1) is 26.8 Å². The number of nitriles is 1. The number of carbonyl (C=O) groups excluding carboxylic acids is 1. The van der Waals surface area contributed by atoms with Crippen LogP contribution in [0.1, 0.15) is 17.2 Å². The Morgan fingerprint density at radius 2 is 2.05 bits per heavy atom. The molecule has 2 amide bonds. The molecule has 0 aliphatic carbocycles. The van der Waals surface area contributed by atoms with Gasteiger partial charge in [-0.2, -0.15) is 5.26 Å². The number of hydrogen-bond acceptors (Lipinski definition) is 4. The summed E-state index contributed by atoms with van der Waals surface area (Å²) in [5.41, 5.74) is 1.75. The van der Waals surface area contributed by atoms with Crippen LogP contribution in [0.4, 0.5) is 4.79 Å². The minimum atomic E-state index is -0.394. The van der Waals surface area contributed by atoms with E-state index in [0.29, 0.717) is 5.75 Å². The summed E-state index contributed by atoms with van der Waals surface area (Å²) in [5.74, 6) is 1.39. The molecule has 1 fully saturated rings. The number of carbonyl (C=O) groups is 1. The molecule has 6 nitrogen and oxygen atoms in total. The fourth-order valence-electron chi connectivity index (χ4n) is 2.15. The van der Waals surface area contributed by atoms with Crippen LogP contribution in [0, 0.1) is 18.4 Å². The molecule has 19 heavy (non-hydrogen) atoms. The van der Waals surface area contributed by atoms with Crippen LogP contribution in [0.3, 0.4) is 0 Å². The minimum absolute atomic E-state index is 0.281. The van der Waals surface area contributed by atoms with Crippen molar-refractivity contribution in [3.63, 3.8) is 0 Å². The van der Waals surface area contributed by atoms with E-state index in [1.165, 1.54) is 0 Å². The van der Waals surface area contributed by atoms with Crippen molar-refractivity contribution >= 4 is 6.03 Å². The van der Waals surface area contributed by atoms with Crippen LogP contribution in [-0.4, -0.2) is 31.7 Å². The van der Waals surface area contributed by atoms with E-state index < -0.39 is 6.03 Å². The fraction of sp³-hybridized carbons (Fsp3) is 0.385. The summed E-state index contributed by atoms with van der Waals surface area (Å²) in [6, 6.07) is 3.01. The van der Waals surface area contributed by atoms with Crippen LogP contribution in [-0.2, 0) is 0 Å². The SMILES string of the molecule is COc1cc(C2CN(C#N)C(=O)N2)c(OC)cc1C. The van der Waals surface area contributed by atoms with Crippen molar-refractivity contribution in [1.82, 2.24) is 10.2 Å². The zero-order chi connectivity index (χ0) is 14.0. The number of rotatable bonds is 3. The standard InChI is InChI=1S/C13H15N3O3/c1-8-4-12(19-3)9(5-11(8)18-2)10-6-16(7-14)13(17)15-10/h4-5,10H,6H2,1-3H3,(H,15,17). The van der Waals surface area contributed by atoms with Crippen LogP contribution in [0.5, 0.6) is 11.5 Å². The highest BCUT2D eigenvalue weighted by molar-refractivity contribution is 5.79. The quantitative estimate of drug-likeness (QED) is 0.838. The maximum Gasteiger partial charge on any atom is 0.331 e. The van der Waals surface area contributed by atoms with Crippen molar-refractivity contribution in [2.24, 2.45) is 0 Å². The Kier molecular flexibility index (Phi) is 3.47. The summed E-state index contributed by atoms with van der Waals surface area (Å²) in [6.45, 7) is 2.21. The number of nitrogens with one attached hydrogen (secondary N) is 1. The molecule has 100 valence electrons. The van der Waals surface area contributed by atoms with Crippen LogP contribution < -0.4 is 14.8 Å². The largest absolute Gasteiger partial charge is 0.496 e. The molecule has 1 aromatic carbocycles. The molecule has 0 saturated carbocycles. The average molecular weight is 261 g/mol. The zero-order valence-electron chi connectivity index (χ0n) is 11.1. The summed E-state index contributed by atoms with van der Waals surface area (Å²) in [5, 5.41) is 11.6. The van der Waals surface area contributed by atoms with Gasteiger partial charge >= 0.3 is 6.03 Å². The molecule has 1 aromatic rings. The Balaban J connectivity index is 2.39. The lowest BCUT2D eigenvalue weighted by Crippen LogP contribution is -2.23. The van der Waals surface area contributed by atoms with Crippen LogP contribution in [0.25, 0.3) is 0 Å². The summed E-state index contributed by atoms with van der Waals surface area (Å²) < 4.78 is 10.6.